The summed E-state index contributed by atoms with van der Waals surface area (Å²) in [4.78, 5) is 28.6. The third-order valence-corrected chi connectivity index (χ3v) is 5.08. The van der Waals surface area contributed by atoms with Crippen LogP contribution in [-0.2, 0) is 17.6 Å². The van der Waals surface area contributed by atoms with Crippen LogP contribution >= 0.6 is 11.3 Å². The second-order valence-corrected chi connectivity index (χ2v) is 7.40. The fourth-order valence-electron chi connectivity index (χ4n) is 2.84. The highest BCUT2D eigenvalue weighted by atomic mass is 32.1. The highest BCUT2D eigenvalue weighted by molar-refractivity contribution is 7.14. The SMILES string of the molecule is COc1ccccc1NC(=O)Nc1nc(CC(=O)NCCCc2ccccc2)cs1. The van der Waals surface area contributed by atoms with Crippen molar-refractivity contribution < 1.29 is 14.3 Å². The fourth-order valence-corrected chi connectivity index (χ4v) is 3.54. The number of anilines is 2. The summed E-state index contributed by atoms with van der Waals surface area (Å²) in [5.41, 5.74) is 2.44. The minimum absolute atomic E-state index is 0.0848. The topological polar surface area (TPSA) is 92.3 Å². The number of hydrogen-bond donors (Lipinski definition) is 3. The lowest BCUT2D eigenvalue weighted by molar-refractivity contribution is -0.120. The van der Waals surface area contributed by atoms with Gasteiger partial charge in [-0.25, -0.2) is 9.78 Å². The molecule has 0 spiro atoms. The number of benzene rings is 2. The van der Waals surface area contributed by atoms with E-state index in [0.717, 1.165) is 12.8 Å². The zero-order valence-corrected chi connectivity index (χ0v) is 17.5. The summed E-state index contributed by atoms with van der Waals surface area (Å²) in [5.74, 6) is 0.481. The molecule has 0 unspecified atom stereocenters. The molecule has 0 fully saturated rings. The number of urea groups is 1. The molecule has 156 valence electrons. The maximum Gasteiger partial charge on any atom is 0.325 e. The lowest BCUT2D eigenvalue weighted by Crippen LogP contribution is -2.26. The van der Waals surface area contributed by atoms with E-state index < -0.39 is 6.03 Å². The van der Waals surface area contributed by atoms with E-state index in [1.165, 1.54) is 24.0 Å². The molecule has 7 nitrogen and oxygen atoms in total. The van der Waals surface area contributed by atoms with Crippen LogP contribution in [0, 0.1) is 0 Å². The number of rotatable bonds is 9. The highest BCUT2D eigenvalue weighted by Gasteiger charge is 2.11. The first kappa shape index (κ1) is 21.3. The van der Waals surface area contributed by atoms with Gasteiger partial charge in [0, 0.05) is 11.9 Å². The average molecular weight is 425 g/mol. The number of methoxy groups -OCH3 is 1. The van der Waals surface area contributed by atoms with E-state index in [1.54, 1.807) is 23.6 Å². The van der Waals surface area contributed by atoms with Crippen molar-refractivity contribution >= 4 is 34.1 Å². The molecular formula is C22H24N4O3S. The Labute approximate surface area is 179 Å². The van der Waals surface area contributed by atoms with Gasteiger partial charge in [0.15, 0.2) is 5.13 Å². The van der Waals surface area contributed by atoms with E-state index in [1.807, 2.05) is 24.3 Å². The summed E-state index contributed by atoms with van der Waals surface area (Å²) in [6.45, 7) is 0.615. The molecule has 0 radical (unpaired) electrons. The van der Waals surface area contributed by atoms with Gasteiger partial charge in [0.1, 0.15) is 5.75 Å². The van der Waals surface area contributed by atoms with Crippen molar-refractivity contribution in [2.75, 3.05) is 24.3 Å². The standard InChI is InChI=1S/C22H24N4O3S/c1-29-19-12-6-5-11-18(19)25-21(28)26-22-24-17(15-30-22)14-20(27)23-13-7-10-16-8-3-2-4-9-16/h2-6,8-9,11-12,15H,7,10,13-14H2,1H3,(H,23,27)(H2,24,25,26,28). The molecule has 30 heavy (non-hydrogen) atoms. The maximum absolute atomic E-state index is 12.2. The summed E-state index contributed by atoms with van der Waals surface area (Å²) in [6, 6.07) is 16.9. The monoisotopic (exact) mass is 424 g/mol. The number of aryl methyl sites for hydroxylation is 1. The number of amides is 3. The van der Waals surface area contributed by atoms with Gasteiger partial charge in [-0.1, -0.05) is 42.5 Å². The van der Waals surface area contributed by atoms with Crippen molar-refractivity contribution in [2.24, 2.45) is 0 Å². The van der Waals surface area contributed by atoms with Gasteiger partial charge in [0.25, 0.3) is 0 Å². The number of ether oxygens (including phenoxy) is 1. The summed E-state index contributed by atoms with van der Waals surface area (Å²) in [5, 5.41) is 10.5. The van der Waals surface area contributed by atoms with Gasteiger partial charge < -0.3 is 15.4 Å². The summed E-state index contributed by atoms with van der Waals surface area (Å²) in [6.07, 6.45) is 1.98. The molecule has 0 aliphatic carbocycles. The Morgan fingerprint density at radius 3 is 2.60 bits per heavy atom. The van der Waals surface area contributed by atoms with Crippen LogP contribution in [-0.4, -0.2) is 30.6 Å². The molecule has 0 saturated heterocycles. The molecule has 0 aliphatic heterocycles. The van der Waals surface area contributed by atoms with E-state index in [0.29, 0.717) is 28.8 Å². The maximum atomic E-state index is 12.2. The Bertz CT molecular complexity index is 975. The molecular weight excluding hydrogens is 400 g/mol. The Balaban J connectivity index is 1.40. The van der Waals surface area contributed by atoms with Crippen molar-refractivity contribution in [3.8, 4) is 5.75 Å². The first-order chi connectivity index (χ1) is 14.6. The Kier molecular flexibility index (Phi) is 7.79. The Hall–Kier alpha value is -3.39. The third kappa shape index (κ3) is 6.59. The molecule has 0 atom stereocenters. The summed E-state index contributed by atoms with van der Waals surface area (Å²) in [7, 11) is 1.54. The Morgan fingerprint density at radius 2 is 1.80 bits per heavy atom. The minimum atomic E-state index is -0.425. The molecule has 2 aromatic carbocycles. The van der Waals surface area contributed by atoms with Crippen molar-refractivity contribution in [2.45, 2.75) is 19.3 Å². The quantitative estimate of drug-likeness (QED) is 0.451. The Morgan fingerprint density at radius 1 is 1.03 bits per heavy atom. The van der Waals surface area contributed by atoms with Crippen LogP contribution in [0.3, 0.4) is 0 Å². The van der Waals surface area contributed by atoms with Gasteiger partial charge in [-0.2, -0.15) is 0 Å². The van der Waals surface area contributed by atoms with E-state index in [2.05, 4.69) is 33.1 Å². The van der Waals surface area contributed by atoms with Crippen molar-refractivity contribution in [3.05, 3.63) is 71.2 Å². The van der Waals surface area contributed by atoms with Crippen molar-refractivity contribution in [3.63, 3.8) is 0 Å². The van der Waals surface area contributed by atoms with Crippen LogP contribution in [0.25, 0.3) is 0 Å². The van der Waals surface area contributed by atoms with Gasteiger partial charge in [0.2, 0.25) is 5.91 Å². The molecule has 3 N–H and O–H groups in total. The van der Waals surface area contributed by atoms with E-state index >= 15 is 0 Å². The lowest BCUT2D eigenvalue weighted by atomic mass is 10.1. The summed E-state index contributed by atoms with van der Waals surface area (Å²) < 4.78 is 5.21. The fraction of sp³-hybridized carbons (Fsp3) is 0.227. The molecule has 1 aromatic heterocycles. The number of para-hydroxylation sites is 2. The predicted molar refractivity (Wildman–Crippen MR) is 119 cm³/mol. The highest BCUT2D eigenvalue weighted by Crippen LogP contribution is 2.23. The van der Waals surface area contributed by atoms with Crippen molar-refractivity contribution in [1.29, 1.82) is 0 Å². The van der Waals surface area contributed by atoms with Gasteiger partial charge >= 0.3 is 6.03 Å². The van der Waals surface area contributed by atoms with E-state index in [9.17, 15) is 9.59 Å². The van der Waals surface area contributed by atoms with Crippen molar-refractivity contribution in [1.82, 2.24) is 10.3 Å². The zero-order chi connectivity index (χ0) is 21.2. The normalized spacial score (nSPS) is 10.3. The number of aromatic nitrogens is 1. The second-order valence-electron chi connectivity index (χ2n) is 6.54. The molecule has 0 saturated carbocycles. The summed E-state index contributed by atoms with van der Waals surface area (Å²) >= 11 is 1.27. The second kappa shape index (κ2) is 11.0. The zero-order valence-electron chi connectivity index (χ0n) is 16.7. The molecule has 1 heterocycles. The van der Waals surface area contributed by atoms with Crippen LogP contribution in [0.15, 0.2) is 60.0 Å². The third-order valence-electron chi connectivity index (χ3n) is 4.28. The minimum Gasteiger partial charge on any atom is -0.495 e. The van der Waals surface area contributed by atoms with Crippen LogP contribution < -0.4 is 20.7 Å². The van der Waals surface area contributed by atoms with Crippen LogP contribution in [0.4, 0.5) is 15.6 Å². The number of carbonyl (C=O) groups excluding carboxylic acids is 2. The van der Waals surface area contributed by atoms with E-state index in [-0.39, 0.29) is 12.3 Å². The number of nitrogens with one attached hydrogen (secondary N) is 3. The predicted octanol–water partition coefficient (Wildman–Crippen LogP) is 4.09. The number of thiazole rings is 1. The molecule has 8 heteroatoms. The lowest BCUT2D eigenvalue weighted by Gasteiger charge is -2.09. The van der Waals surface area contributed by atoms with Gasteiger partial charge in [-0.05, 0) is 30.5 Å². The molecule has 3 aromatic rings. The smallest absolute Gasteiger partial charge is 0.325 e. The van der Waals surface area contributed by atoms with Gasteiger partial charge in [-0.3, -0.25) is 10.1 Å². The van der Waals surface area contributed by atoms with E-state index in [4.69, 9.17) is 4.74 Å². The number of hydrogen-bond acceptors (Lipinski definition) is 5. The molecule has 0 bridgehead atoms. The molecule has 0 aliphatic rings. The van der Waals surface area contributed by atoms with Crippen LogP contribution in [0.5, 0.6) is 5.75 Å². The van der Waals surface area contributed by atoms with Gasteiger partial charge in [0.05, 0.1) is 24.9 Å². The first-order valence-corrected chi connectivity index (χ1v) is 10.5. The van der Waals surface area contributed by atoms with Crippen LogP contribution in [0.1, 0.15) is 17.7 Å². The van der Waals surface area contributed by atoms with Gasteiger partial charge in [-0.15, -0.1) is 11.3 Å². The van der Waals surface area contributed by atoms with Crippen LogP contribution in [0.2, 0.25) is 0 Å². The molecule has 3 amide bonds. The average Bonchev–Trinajstić information content (AvgIpc) is 3.18. The molecule has 3 rings (SSSR count). The largest absolute Gasteiger partial charge is 0.495 e. The number of nitrogens with zero attached hydrogens (tertiary/aromatic N) is 1. The first-order valence-electron chi connectivity index (χ1n) is 9.60. The number of carbonyl (C=O) groups is 2.